The summed E-state index contributed by atoms with van der Waals surface area (Å²) < 4.78 is 14.0. The molecule has 2 aromatic rings. The van der Waals surface area contributed by atoms with E-state index in [1.54, 1.807) is 12.1 Å². The molecule has 5 heteroatoms. The maximum Gasteiger partial charge on any atom is 0.123 e. The lowest BCUT2D eigenvalue weighted by Crippen LogP contribution is -1.85. The van der Waals surface area contributed by atoms with E-state index in [4.69, 9.17) is 4.79 Å². The van der Waals surface area contributed by atoms with Crippen LogP contribution in [-0.4, -0.2) is 6.79 Å². The van der Waals surface area contributed by atoms with Gasteiger partial charge >= 0.3 is 0 Å². The summed E-state index contributed by atoms with van der Waals surface area (Å²) in [7, 11) is 0. The van der Waals surface area contributed by atoms with Gasteiger partial charge in [-0.1, -0.05) is 72.1 Å². The average Bonchev–Trinajstić information content (AvgIpc) is 2.42. The van der Waals surface area contributed by atoms with Gasteiger partial charge in [0.05, 0.1) is 3.74 Å². The van der Waals surface area contributed by atoms with Gasteiger partial charge in [-0.3, -0.25) is 0 Å². The Hall–Kier alpha value is -0.520. The molecule has 0 atom stereocenters. The van der Waals surface area contributed by atoms with Crippen LogP contribution in [0, 0.1) is 5.82 Å². The van der Waals surface area contributed by atoms with E-state index in [-0.39, 0.29) is 9.55 Å². The molecule has 0 aromatic heterocycles. The number of rotatable bonds is 2. The highest BCUT2D eigenvalue weighted by Gasteiger charge is 2.07. The number of carbonyl (C=O) groups is 1. The third-order valence-electron chi connectivity index (χ3n) is 2.40. The van der Waals surface area contributed by atoms with Crippen LogP contribution in [0.5, 0.6) is 0 Å². The molecule has 0 amide bonds. The van der Waals surface area contributed by atoms with Crippen LogP contribution in [0.25, 0.3) is 11.1 Å². The maximum atomic E-state index is 12.8. The Labute approximate surface area is 136 Å². The van der Waals surface area contributed by atoms with Gasteiger partial charge < -0.3 is 4.79 Å². The Bertz CT molecular complexity index is 541. The van der Waals surface area contributed by atoms with Gasteiger partial charge in [0.2, 0.25) is 0 Å². The molecule has 100 valence electrons. The van der Waals surface area contributed by atoms with Crippen molar-refractivity contribution in [2.75, 3.05) is 0 Å². The minimum absolute atomic E-state index is 0.133. The highest BCUT2D eigenvalue weighted by Crippen LogP contribution is 2.35. The summed E-state index contributed by atoms with van der Waals surface area (Å²) in [5.41, 5.74) is 3.17. The van der Waals surface area contributed by atoms with E-state index in [9.17, 15) is 4.39 Å². The monoisotopic (exact) mass is 450 g/mol. The fourth-order valence-electron chi connectivity index (χ4n) is 1.53. The quantitative estimate of drug-likeness (QED) is 0.522. The van der Waals surface area contributed by atoms with Crippen molar-refractivity contribution >= 4 is 54.6 Å². The van der Waals surface area contributed by atoms with E-state index in [1.165, 1.54) is 12.1 Å². The second-order valence-electron chi connectivity index (χ2n) is 3.55. The van der Waals surface area contributed by atoms with Gasteiger partial charge in [-0.2, -0.15) is 0 Å². The van der Waals surface area contributed by atoms with Gasteiger partial charge in [0.15, 0.2) is 0 Å². The Morgan fingerprint density at radius 2 is 1.58 bits per heavy atom. The summed E-state index contributed by atoms with van der Waals surface area (Å²) in [6, 6.07) is 12.6. The molecule has 19 heavy (non-hydrogen) atoms. The van der Waals surface area contributed by atoms with Crippen LogP contribution in [0.1, 0.15) is 9.30 Å². The van der Waals surface area contributed by atoms with Gasteiger partial charge in [-0.25, -0.2) is 4.39 Å². The molecule has 0 aliphatic carbocycles. The molecule has 1 nitrogen and oxygen atoms in total. The molecule has 0 unspecified atom stereocenters. The number of hydrogen-bond donors (Lipinski definition) is 0. The van der Waals surface area contributed by atoms with Gasteiger partial charge in [0.25, 0.3) is 0 Å². The van der Waals surface area contributed by atoms with Crippen LogP contribution in [0.4, 0.5) is 4.39 Å². The summed E-state index contributed by atoms with van der Waals surface area (Å²) in [5.74, 6) is -0.220. The fourth-order valence-corrected chi connectivity index (χ4v) is 2.73. The minimum Gasteiger partial charge on any atom is -0.307 e. The van der Waals surface area contributed by atoms with Crippen LogP contribution in [-0.2, 0) is 4.79 Å². The first kappa shape index (κ1) is 16.5. The Balaban J connectivity index is 0.000000861. The van der Waals surface area contributed by atoms with Crippen LogP contribution < -0.4 is 0 Å². The second-order valence-corrected chi connectivity index (χ2v) is 7.46. The number of halogens is 4. The molecule has 0 bridgehead atoms. The topological polar surface area (TPSA) is 17.1 Å². The molecule has 0 heterocycles. The van der Waals surface area contributed by atoms with Crippen molar-refractivity contribution in [2.24, 2.45) is 0 Å². The summed E-state index contributed by atoms with van der Waals surface area (Å²) >= 11 is 10.4. The number of carbonyl (C=O) groups excluding carboxylic acids is 1. The lowest BCUT2D eigenvalue weighted by atomic mass is 10.0. The van der Waals surface area contributed by atoms with E-state index in [1.807, 2.05) is 25.0 Å². The molecule has 0 spiro atoms. The van der Waals surface area contributed by atoms with Crippen molar-refractivity contribution < 1.29 is 9.18 Å². The summed E-state index contributed by atoms with van der Waals surface area (Å²) in [4.78, 5) is 8.00. The summed E-state index contributed by atoms with van der Waals surface area (Å²) in [6.07, 6.45) is 0. The zero-order valence-electron chi connectivity index (χ0n) is 9.75. The lowest BCUT2D eigenvalue weighted by Gasteiger charge is -2.08. The molecule has 0 saturated heterocycles. The van der Waals surface area contributed by atoms with Crippen molar-refractivity contribution in [3.8, 4) is 11.1 Å². The van der Waals surface area contributed by atoms with Crippen molar-refractivity contribution in [1.29, 1.82) is 0 Å². The zero-order chi connectivity index (χ0) is 14.4. The molecular weight excluding hydrogens is 443 g/mol. The Kier molecular flexibility index (Phi) is 6.89. The molecule has 0 saturated carbocycles. The third kappa shape index (κ3) is 4.51. The molecule has 2 rings (SSSR count). The molecule has 0 radical (unpaired) electrons. The normalized spacial score (nSPS) is 9.95. The first-order valence-corrected chi connectivity index (χ1v) is 7.83. The van der Waals surface area contributed by atoms with E-state index in [0.29, 0.717) is 0 Å². The highest BCUT2D eigenvalue weighted by molar-refractivity contribution is 9.24. The first-order chi connectivity index (χ1) is 9.08. The van der Waals surface area contributed by atoms with Crippen LogP contribution in [0.3, 0.4) is 0 Å². The molecule has 0 fully saturated rings. The van der Waals surface area contributed by atoms with Crippen LogP contribution in [0.2, 0.25) is 0 Å². The smallest absolute Gasteiger partial charge is 0.123 e. The van der Waals surface area contributed by atoms with E-state index in [2.05, 4.69) is 47.8 Å². The highest BCUT2D eigenvalue weighted by atomic mass is 79.9. The van der Waals surface area contributed by atoms with Gasteiger partial charge in [-0.15, -0.1) is 0 Å². The Morgan fingerprint density at radius 3 is 2.05 bits per heavy atom. The standard InChI is InChI=1S/C13H8Br3F.CH2O/c14-12-7-9(13(15)16)3-6-11(12)8-1-4-10(17)5-2-8;1-2/h1-7,13H;1H2. The van der Waals surface area contributed by atoms with Crippen molar-refractivity contribution in [2.45, 2.75) is 3.74 Å². The zero-order valence-corrected chi connectivity index (χ0v) is 14.5. The van der Waals surface area contributed by atoms with Crippen LogP contribution in [0.15, 0.2) is 46.9 Å². The number of alkyl halides is 2. The fraction of sp³-hybridized carbons (Fsp3) is 0.0714. The predicted octanol–water partition coefficient (Wildman–Crippen LogP) is 5.86. The molecular formula is C14H10Br3FO. The van der Waals surface area contributed by atoms with E-state index in [0.717, 1.165) is 21.2 Å². The predicted molar refractivity (Wildman–Crippen MR) is 87.3 cm³/mol. The number of hydrogen-bond acceptors (Lipinski definition) is 1. The third-order valence-corrected chi connectivity index (χ3v) is 4.11. The van der Waals surface area contributed by atoms with Crippen molar-refractivity contribution in [3.05, 3.63) is 58.3 Å². The molecule has 0 aliphatic rings. The molecule has 0 aliphatic heterocycles. The Morgan fingerprint density at radius 1 is 1.00 bits per heavy atom. The van der Waals surface area contributed by atoms with E-state index < -0.39 is 0 Å². The van der Waals surface area contributed by atoms with Crippen molar-refractivity contribution in [3.63, 3.8) is 0 Å². The average molecular weight is 453 g/mol. The molecule has 2 aromatic carbocycles. The first-order valence-electron chi connectivity index (χ1n) is 5.20. The second kappa shape index (κ2) is 7.92. The van der Waals surface area contributed by atoms with E-state index >= 15 is 0 Å². The largest absolute Gasteiger partial charge is 0.307 e. The van der Waals surface area contributed by atoms with Crippen molar-refractivity contribution in [1.82, 2.24) is 0 Å². The minimum atomic E-state index is -0.220. The van der Waals surface area contributed by atoms with Crippen LogP contribution >= 0.6 is 47.8 Å². The van der Waals surface area contributed by atoms with Gasteiger partial charge in [0.1, 0.15) is 12.6 Å². The summed E-state index contributed by atoms with van der Waals surface area (Å²) in [6.45, 7) is 2.00. The lowest BCUT2D eigenvalue weighted by molar-refractivity contribution is -0.0979. The number of benzene rings is 2. The van der Waals surface area contributed by atoms with Gasteiger partial charge in [-0.05, 0) is 34.9 Å². The van der Waals surface area contributed by atoms with Gasteiger partial charge in [0, 0.05) is 4.47 Å². The SMILES string of the molecule is C=O.Fc1ccc(-c2ccc(C(Br)Br)cc2Br)cc1. The molecule has 0 N–H and O–H groups in total. The maximum absolute atomic E-state index is 12.8. The summed E-state index contributed by atoms with van der Waals surface area (Å²) in [5, 5.41) is 0.